The van der Waals surface area contributed by atoms with E-state index in [0.29, 0.717) is 18.7 Å². The van der Waals surface area contributed by atoms with Gasteiger partial charge in [-0.3, -0.25) is 9.69 Å². The van der Waals surface area contributed by atoms with Gasteiger partial charge in [-0.1, -0.05) is 13.3 Å². The second-order valence-corrected chi connectivity index (χ2v) is 6.60. The largest absolute Gasteiger partial charge is 0.480 e. The molecule has 3 unspecified atom stereocenters. The predicted octanol–water partition coefficient (Wildman–Crippen LogP) is 0.555. The van der Waals surface area contributed by atoms with Gasteiger partial charge in [-0.05, 0) is 12.8 Å². The fourth-order valence-electron chi connectivity index (χ4n) is 2.68. The third-order valence-corrected chi connectivity index (χ3v) is 5.23. The van der Waals surface area contributed by atoms with Crippen molar-refractivity contribution in [1.29, 1.82) is 0 Å². The smallest absolute Gasteiger partial charge is 0.327 e. The minimum Gasteiger partial charge on any atom is -0.480 e. The van der Waals surface area contributed by atoms with Crippen LogP contribution in [-0.2, 0) is 9.59 Å². The van der Waals surface area contributed by atoms with E-state index in [1.165, 1.54) is 16.7 Å². The van der Waals surface area contributed by atoms with Crippen LogP contribution in [0.5, 0.6) is 0 Å². The number of likely N-dealkylation sites (N-methyl/N-ethyl adjacent to an activating group) is 1. The number of urea groups is 1. The number of hydrogen-bond donors (Lipinski definition) is 2. The number of carboxylic acid groups (broad SMARTS) is 1. The van der Waals surface area contributed by atoms with Crippen LogP contribution in [0, 0.1) is 0 Å². The van der Waals surface area contributed by atoms with E-state index in [1.54, 1.807) is 11.9 Å². The van der Waals surface area contributed by atoms with Crippen molar-refractivity contribution in [3.63, 3.8) is 0 Å². The minimum atomic E-state index is -0.994. The van der Waals surface area contributed by atoms with E-state index in [1.807, 2.05) is 6.92 Å². The molecule has 2 N–H and O–H groups in total. The molecule has 21 heavy (non-hydrogen) atoms. The molecule has 3 amide bonds. The van der Waals surface area contributed by atoms with Crippen molar-refractivity contribution in [3.05, 3.63) is 0 Å². The van der Waals surface area contributed by atoms with Gasteiger partial charge in [0, 0.05) is 19.3 Å². The number of hydrogen-bond acceptors (Lipinski definition) is 4. The molecular formula is C13H21N3O4S. The predicted molar refractivity (Wildman–Crippen MR) is 79.0 cm³/mol. The zero-order valence-corrected chi connectivity index (χ0v) is 13.1. The fourth-order valence-corrected chi connectivity index (χ4v) is 4.19. The summed E-state index contributed by atoms with van der Waals surface area (Å²) in [5.41, 5.74) is 0. The van der Waals surface area contributed by atoms with Gasteiger partial charge in [0.1, 0.15) is 12.1 Å². The molecule has 2 rings (SSSR count). The van der Waals surface area contributed by atoms with Gasteiger partial charge >= 0.3 is 12.0 Å². The Kier molecular flexibility index (Phi) is 4.97. The molecular weight excluding hydrogens is 294 g/mol. The Hall–Kier alpha value is -1.44. The van der Waals surface area contributed by atoms with E-state index >= 15 is 0 Å². The number of rotatable bonds is 4. The lowest BCUT2D eigenvalue weighted by Crippen LogP contribution is -2.53. The molecule has 0 spiro atoms. The number of carbonyl (C=O) groups is 3. The third kappa shape index (κ3) is 3.25. The first kappa shape index (κ1) is 15.9. The van der Waals surface area contributed by atoms with Crippen molar-refractivity contribution in [2.45, 2.75) is 43.6 Å². The summed E-state index contributed by atoms with van der Waals surface area (Å²) >= 11 is 1.49. The average molecular weight is 315 g/mol. The molecule has 7 nitrogen and oxygen atoms in total. The van der Waals surface area contributed by atoms with Crippen molar-refractivity contribution < 1.29 is 19.5 Å². The Bertz CT molecular complexity index is 445. The molecule has 3 atom stereocenters. The highest BCUT2D eigenvalue weighted by Gasteiger charge is 2.42. The molecule has 0 radical (unpaired) electrons. The van der Waals surface area contributed by atoms with E-state index in [-0.39, 0.29) is 11.3 Å². The summed E-state index contributed by atoms with van der Waals surface area (Å²) in [4.78, 5) is 38.5. The van der Waals surface area contributed by atoms with Crippen LogP contribution < -0.4 is 5.32 Å². The molecule has 0 aromatic rings. The lowest BCUT2D eigenvalue weighted by molar-refractivity contribution is -0.141. The maximum Gasteiger partial charge on any atom is 0.327 e. The first-order valence-corrected chi connectivity index (χ1v) is 8.18. The summed E-state index contributed by atoms with van der Waals surface area (Å²) in [6, 6.07) is -1.80. The summed E-state index contributed by atoms with van der Waals surface area (Å²) in [5, 5.41) is 11.8. The van der Waals surface area contributed by atoms with Gasteiger partial charge in [0.2, 0.25) is 5.91 Å². The number of likely N-dealkylation sites (tertiary alicyclic amines) is 1. The van der Waals surface area contributed by atoms with Crippen LogP contribution >= 0.6 is 11.8 Å². The van der Waals surface area contributed by atoms with E-state index < -0.39 is 24.1 Å². The number of carboxylic acids is 1. The fraction of sp³-hybridized carbons (Fsp3) is 0.769. The van der Waals surface area contributed by atoms with E-state index in [0.717, 1.165) is 12.8 Å². The van der Waals surface area contributed by atoms with Crippen molar-refractivity contribution in [3.8, 4) is 0 Å². The van der Waals surface area contributed by atoms with Gasteiger partial charge in [-0.2, -0.15) is 0 Å². The van der Waals surface area contributed by atoms with E-state index in [2.05, 4.69) is 5.32 Å². The second kappa shape index (κ2) is 6.55. The van der Waals surface area contributed by atoms with Gasteiger partial charge in [0.15, 0.2) is 0 Å². The van der Waals surface area contributed by atoms with Gasteiger partial charge in [-0.15, -0.1) is 11.8 Å². The number of nitrogens with zero attached hydrogens (tertiary/aromatic N) is 2. The zero-order valence-electron chi connectivity index (χ0n) is 12.2. The van der Waals surface area contributed by atoms with Crippen LogP contribution in [0.3, 0.4) is 0 Å². The molecule has 0 saturated carbocycles. The Morgan fingerprint density at radius 3 is 2.71 bits per heavy atom. The molecule has 2 fully saturated rings. The quantitative estimate of drug-likeness (QED) is 0.791. The number of carbonyl (C=O) groups excluding carboxylic acids is 2. The third-order valence-electron chi connectivity index (χ3n) is 3.87. The highest BCUT2D eigenvalue weighted by Crippen LogP contribution is 2.32. The monoisotopic (exact) mass is 315 g/mol. The second-order valence-electron chi connectivity index (χ2n) is 5.39. The summed E-state index contributed by atoms with van der Waals surface area (Å²) < 4.78 is 0. The number of amides is 3. The maximum absolute atomic E-state index is 12.4. The van der Waals surface area contributed by atoms with Crippen molar-refractivity contribution in [1.82, 2.24) is 15.1 Å². The molecule has 2 aliphatic heterocycles. The lowest BCUT2D eigenvalue weighted by Gasteiger charge is -2.28. The van der Waals surface area contributed by atoms with Crippen molar-refractivity contribution in [2.24, 2.45) is 0 Å². The van der Waals surface area contributed by atoms with Gasteiger partial charge < -0.3 is 15.3 Å². The molecule has 0 aromatic heterocycles. The minimum absolute atomic E-state index is 0.117. The average Bonchev–Trinajstić information content (AvgIpc) is 2.98. The molecule has 2 heterocycles. The first-order valence-electron chi connectivity index (χ1n) is 7.14. The van der Waals surface area contributed by atoms with E-state index in [4.69, 9.17) is 0 Å². The summed E-state index contributed by atoms with van der Waals surface area (Å²) in [7, 11) is 1.69. The Morgan fingerprint density at radius 2 is 2.19 bits per heavy atom. The van der Waals surface area contributed by atoms with Gasteiger partial charge in [-0.25, -0.2) is 9.59 Å². The highest BCUT2D eigenvalue weighted by molar-refractivity contribution is 8.00. The SMILES string of the molecule is CCCC1SCC(C(=O)O)N1C(=O)NC1CCN(C)C1=O. The number of thioether (sulfide) groups is 1. The Morgan fingerprint density at radius 1 is 1.48 bits per heavy atom. The lowest BCUT2D eigenvalue weighted by atomic mass is 10.2. The zero-order chi connectivity index (χ0) is 15.6. The molecule has 118 valence electrons. The van der Waals surface area contributed by atoms with Crippen molar-refractivity contribution >= 4 is 29.7 Å². The highest BCUT2D eigenvalue weighted by atomic mass is 32.2. The maximum atomic E-state index is 12.4. The molecule has 2 saturated heterocycles. The first-order chi connectivity index (χ1) is 9.95. The molecule has 0 aliphatic carbocycles. The molecule has 2 aliphatic rings. The molecule has 8 heteroatoms. The molecule has 0 aromatic carbocycles. The van der Waals surface area contributed by atoms with Gasteiger partial charge in [0.25, 0.3) is 0 Å². The summed E-state index contributed by atoms with van der Waals surface area (Å²) in [6.07, 6.45) is 2.19. The standard InChI is InChI=1S/C13H21N3O4S/c1-3-4-10-16(9(7-21-10)12(18)19)13(20)14-8-5-6-15(2)11(8)17/h8-10H,3-7H2,1-2H3,(H,14,20)(H,18,19). The normalized spacial score (nSPS) is 29.0. The Balaban J connectivity index is 2.06. The van der Waals surface area contributed by atoms with E-state index in [9.17, 15) is 19.5 Å². The van der Waals surface area contributed by atoms with Crippen LogP contribution in [-0.4, -0.2) is 69.6 Å². The number of aliphatic carboxylic acids is 1. The van der Waals surface area contributed by atoms with Crippen LogP contribution in [0.4, 0.5) is 4.79 Å². The van der Waals surface area contributed by atoms with Crippen LogP contribution in [0.2, 0.25) is 0 Å². The number of nitrogens with one attached hydrogen (secondary N) is 1. The van der Waals surface area contributed by atoms with Crippen LogP contribution in [0.25, 0.3) is 0 Å². The summed E-state index contributed by atoms with van der Waals surface area (Å²) in [5.74, 6) is -0.716. The Labute approximate surface area is 128 Å². The van der Waals surface area contributed by atoms with Gasteiger partial charge in [0.05, 0.1) is 5.37 Å². The van der Waals surface area contributed by atoms with Crippen LogP contribution in [0.1, 0.15) is 26.2 Å². The van der Waals surface area contributed by atoms with Crippen molar-refractivity contribution in [2.75, 3.05) is 19.3 Å². The summed E-state index contributed by atoms with van der Waals surface area (Å²) in [6.45, 7) is 2.61. The van der Waals surface area contributed by atoms with Crippen LogP contribution in [0.15, 0.2) is 0 Å². The molecule has 0 bridgehead atoms. The topological polar surface area (TPSA) is 89.9 Å².